The van der Waals surface area contributed by atoms with Gasteiger partial charge in [-0.2, -0.15) is 0 Å². The molecule has 126 valence electrons. The first-order chi connectivity index (χ1) is 11.8. The molecular weight excluding hydrogens is 320 g/mol. The minimum absolute atomic E-state index is 0.442. The second kappa shape index (κ2) is 8.84. The molecule has 0 bridgehead atoms. The Bertz CT molecular complexity index is 634. The van der Waals surface area contributed by atoms with Crippen LogP contribution in [0.5, 0.6) is 6.01 Å². The van der Waals surface area contributed by atoms with Gasteiger partial charge in [0, 0.05) is 24.3 Å². The zero-order chi connectivity index (χ0) is 16.6. The molecule has 1 saturated carbocycles. The molecule has 1 heterocycles. The highest BCUT2D eigenvalue weighted by molar-refractivity contribution is 6.25. The third kappa shape index (κ3) is 4.81. The maximum atomic E-state index is 5.69. The normalized spacial score (nSPS) is 21.0. The minimum Gasteiger partial charge on any atom is -0.463 e. The Kier molecular flexibility index (Phi) is 6.25. The Hall–Kier alpha value is -1.87. The number of rotatable bonds is 6. The molecule has 0 amide bonds. The maximum Gasteiger partial charge on any atom is 0.316 e. The van der Waals surface area contributed by atoms with Gasteiger partial charge in [-0.3, -0.25) is 0 Å². The maximum absolute atomic E-state index is 5.69. The van der Waals surface area contributed by atoms with Gasteiger partial charge in [-0.05, 0) is 54.7 Å². The van der Waals surface area contributed by atoms with Gasteiger partial charge >= 0.3 is 6.01 Å². The van der Waals surface area contributed by atoms with Crippen LogP contribution in [-0.4, -0.2) is 16.6 Å². The fraction of sp³-hybridized carbons (Fsp3) is 0.400. The van der Waals surface area contributed by atoms with Crippen LogP contribution >= 0.6 is 11.6 Å². The Morgan fingerprint density at radius 2 is 1.75 bits per heavy atom. The van der Waals surface area contributed by atoms with E-state index in [1.807, 2.05) is 0 Å². The summed E-state index contributed by atoms with van der Waals surface area (Å²) in [6, 6.07) is 11.2. The first-order valence-corrected chi connectivity index (χ1v) is 9.04. The summed E-state index contributed by atoms with van der Waals surface area (Å²) >= 11 is 5.69. The Labute approximate surface area is 148 Å². The highest BCUT2D eigenvalue weighted by atomic mass is 35.5. The third-order valence-electron chi connectivity index (χ3n) is 4.73. The number of allylic oxidation sites excluding steroid dienone is 1. The van der Waals surface area contributed by atoms with Crippen molar-refractivity contribution in [2.45, 2.75) is 38.0 Å². The van der Waals surface area contributed by atoms with E-state index in [0.29, 0.717) is 24.5 Å². The van der Waals surface area contributed by atoms with Gasteiger partial charge in [0.25, 0.3) is 0 Å². The van der Waals surface area contributed by atoms with Gasteiger partial charge in [0.15, 0.2) is 0 Å². The lowest BCUT2D eigenvalue weighted by Gasteiger charge is -2.27. The second-order valence-corrected chi connectivity index (χ2v) is 6.55. The number of aromatic nitrogens is 2. The van der Waals surface area contributed by atoms with Gasteiger partial charge < -0.3 is 4.74 Å². The molecule has 4 heteroatoms. The fourth-order valence-corrected chi connectivity index (χ4v) is 3.53. The summed E-state index contributed by atoms with van der Waals surface area (Å²) in [5.41, 5.74) is 4.41. The van der Waals surface area contributed by atoms with Crippen LogP contribution in [0.3, 0.4) is 0 Å². The van der Waals surface area contributed by atoms with Crippen molar-refractivity contribution in [3.05, 3.63) is 65.5 Å². The molecule has 3 nitrogen and oxygen atoms in total. The van der Waals surface area contributed by atoms with E-state index in [2.05, 4.69) is 40.3 Å². The molecule has 1 aromatic carbocycles. The van der Waals surface area contributed by atoms with Crippen molar-refractivity contribution in [1.29, 1.82) is 0 Å². The van der Waals surface area contributed by atoms with E-state index in [1.54, 1.807) is 24.0 Å². The molecule has 0 spiro atoms. The average molecular weight is 343 g/mol. The monoisotopic (exact) mass is 342 g/mol. The average Bonchev–Trinajstić information content (AvgIpc) is 2.64. The van der Waals surface area contributed by atoms with Crippen molar-refractivity contribution < 1.29 is 4.74 Å². The van der Waals surface area contributed by atoms with E-state index in [0.717, 1.165) is 6.42 Å². The summed E-state index contributed by atoms with van der Waals surface area (Å²) in [4.78, 5) is 8.12. The lowest BCUT2D eigenvalue weighted by molar-refractivity contribution is 0.296. The summed E-state index contributed by atoms with van der Waals surface area (Å²) < 4.78 is 5.55. The molecule has 24 heavy (non-hydrogen) atoms. The lowest BCUT2D eigenvalue weighted by Crippen LogP contribution is -2.11. The predicted molar refractivity (Wildman–Crippen MR) is 97.4 cm³/mol. The van der Waals surface area contributed by atoms with Crippen LogP contribution < -0.4 is 4.74 Å². The van der Waals surface area contributed by atoms with E-state index in [9.17, 15) is 0 Å². The van der Waals surface area contributed by atoms with Gasteiger partial charge in [0.1, 0.15) is 0 Å². The Balaban J connectivity index is 1.47. The van der Waals surface area contributed by atoms with E-state index < -0.39 is 0 Å². The molecule has 0 saturated heterocycles. The van der Waals surface area contributed by atoms with Gasteiger partial charge in [-0.15, -0.1) is 0 Å². The summed E-state index contributed by atoms with van der Waals surface area (Å²) in [6.07, 6.45) is 11.4. The number of hydrogen-bond acceptors (Lipinski definition) is 3. The molecule has 0 unspecified atom stereocenters. The van der Waals surface area contributed by atoms with E-state index >= 15 is 0 Å². The van der Waals surface area contributed by atoms with Crippen molar-refractivity contribution >= 4 is 11.6 Å². The second-order valence-electron chi connectivity index (χ2n) is 6.30. The van der Waals surface area contributed by atoms with Crippen molar-refractivity contribution in [1.82, 2.24) is 9.97 Å². The molecule has 0 N–H and O–H groups in total. The third-order valence-corrected chi connectivity index (χ3v) is 4.88. The van der Waals surface area contributed by atoms with Gasteiger partial charge in [0.2, 0.25) is 0 Å². The summed E-state index contributed by atoms with van der Waals surface area (Å²) in [5.74, 6) is 1.35. The van der Waals surface area contributed by atoms with Gasteiger partial charge in [-0.1, -0.05) is 41.9 Å². The van der Waals surface area contributed by atoms with E-state index in [4.69, 9.17) is 16.3 Å². The highest BCUT2D eigenvalue weighted by Crippen LogP contribution is 2.36. The fourth-order valence-electron chi connectivity index (χ4n) is 3.32. The molecule has 1 aromatic heterocycles. The number of nitrogens with zero attached hydrogens (tertiary/aromatic N) is 2. The van der Waals surface area contributed by atoms with Crippen LogP contribution in [0.1, 0.15) is 42.7 Å². The molecule has 1 fully saturated rings. The number of halogens is 1. The van der Waals surface area contributed by atoms with Gasteiger partial charge in [-0.25, -0.2) is 9.97 Å². The zero-order valence-electron chi connectivity index (χ0n) is 13.8. The largest absolute Gasteiger partial charge is 0.463 e. The van der Waals surface area contributed by atoms with Crippen molar-refractivity contribution in [3.8, 4) is 6.01 Å². The van der Waals surface area contributed by atoms with Gasteiger partial charge in [0.05, 0.1) is 6.61 Å². The van der Waals surface area contributed by atoms with E-state index in [1.165, 1.54) is 36.8 Å². The predicted octanol–water partition coefficient (Wildman–Crippen LogP) is 5.12. The van der Waals surface area contributed by atoms with Crippen LogP contribution in [0.15, 0.2) is 54.3 Å². The first kappa shape index (κ1) is 17.0. The molecular formula is C20H23ClN2O. The molecule has 0 radical (unpaired) electrons. The molecule has 0 atom stereocenters. The number of benzene rings is 1. The summed E-state index contributed by atoms with van der Waals surface area (Å²) in [5, 5.41) is 0. The standard InChI is InChI=1S/C20H23ClN2O/c21-12-10-16-2-6-18(7-3-16)19-8-4-17(5-9-19)11-15-24-20-22-13-1-14-23-20/h1,4-5,8-10,12-14,16,18H,2-3,6-7,11,15H2. The minimum atomic E-state index is 0.442. The molecule has 1 aliphatic rings. The summed E-state index contributed by atoms with van der Waals surface area (Å²) in [6.45, 7) is 0.596. The lowest BCUT2D eigenvalue weighted by atomic mass is 9.78. The topological polar surface area (TPSA) is 35.0 Å². The van der Waals surface area contributed by atoms with Crippen LogP contribution in [0, 0.1) is 5.92 Å². The van der Waals surface area contributed by atoms with Crippen molar-refractivity contribution in [2.24, 2.45) is 5.92 Å². The van der Waals surface area contributed by atoms with Crippen LogP contribution in [0.4, 0.5) is 0 Å². The number of hydrogen-bond donors (Lipinski definition) is 0. The number of ether oxygens (including phenoxy) is 1. The molecule has 3 rings (SSSR count). The molecule has 1 aliphatic carbocycles. The van der Waals surface area contributed by atoms with Crippen LogP contribution in [0.25, 0.3) is 0 Å². The smallest absolute Gasteiger partial charge is 0.316 e. The highest BCUT2D eigenvalue weighted by Gasteiger charge is 2.20. The van der Waals surface area contributed by atoms with Crippen LogP contribution in [0.2, 0.25) is 0 Å². The Morgan fingerprint density at radius 3 is 2.42 bits per heavy atom. The molecule has 0 aliphatic heterocycles. The Morgan fingerprint density at radius 1 is 1.04 bits per heavy atom. The van der Waals surface area contributed by atoms with Crippen molar-refractivity contribution in [2.75, 3.05) is 6.61 Å². The zero-order valence-corrected chi connectivity index (χ0v) is 14.5. The quantitative estimate of drug-likeness (QED) is 0.730. The van der Waals surface area contributed by atoms with Crippen molar-refractivity contribution in [3.63, 3.8) is 0 Å². The van der Waals surface area contributed by atoms with Crippen LogP contribution in [-0.2, 0) is 6.42 Å². The van der Waals surface area contributed by atoms with E-state index in [-0.39, 0.29) is 0 Å². The SMILES string of the molecule is ClC=CC1CCC(c2ccc(CCOc3ncccn3)cc2)CC1. The molecule has 2 aromatic rings. The summed E-state index contributed by atoms with van der Waals surface area (Å²) in [7, 11) is 0. The first-order valence-electron chi connectivity index (χ1n) is 8.60.